The van der Waals surface area contributed by atoms with Crippen LogP contribution in [0.25, 0.3) is 0 Å². The maximum absolute atomic E-state index is 12.6. The number of rotatable bonds is 7. The highest BCUT2D eigenvalue weighted by Gasteiger charge is 2.36. The molecule has 1 heterocycles. The van der Waals surface area contributed by atoms with Crippen molar-refractivity contribution in [3.8, 4) is 0 Å². The average molecular weight is 457 g/mol. The lowest BCUT2D eigenvalue weighted by Gasteiger charge is -2.14. The van der Waals surface area contributed by atoms with Crippen molar-refractivity contribution in [2.45, 2.75) is 0 Å². The second-order valence-corrected chi connectivity index (χ2v) is 7.32. The summed E-state index contributed by atoms with van der Waals surface area (Å²) in [7, 11) is 0. The smallest absolute Gasteiger partial charge is 0.326 e. The van der Waals surface area contributed by atoms with E-state index in [0.29, 0.717) is 5.69 Å². The number of amides is 4. The molecule has 0 saturated carbocycles. The number of ether oxygens (including phenoxy) is 1. The van der Waals surface area contributed by atoms with Gasteiger partial charge in [0.2, 0.25) is 0 Å². The summed E-state index contributed by atoms with van der Waals surface area (Å²) in [4.78, 5) is 62.5. The van der Waals surface area contributed by atoms with Crippen molar-refractivity contribution < 1.29 is 28.7 Å². The Kier molecular flexibility index (Phi) is 6.45. The molecule has 34 heavy (non-hydrogen) atoms. The van der Waals surface area contributed by atoms with Crippen LogP contribution in [0.2, 0.25) is 0 Å². The van der Waals surface area contributed by atoms with Crippen LogP contribution in [0.15, 0.2) is 78.9 Å². The van der Waals surface area contributed by atoms with Gasteiger partial charge in [0.25, 0.3) is 23.6 Å². The Balaban J connectivity index is 1.32. The fourth-order valence-electron chi connectivity index (χ4n) is 3.40. The predicted molar refractivity (Wildman–Crippen MR) is 122 cm³/mol. The van der Waals surface area contributed by atoms with Gasteiger partial charge < -0.3 is 15.4 Å². The quantitative estimate of drug-likeness (QED) is 0.416. The van der Waals surface area contributed by atoms with E-state index in [0.717, 1.165) is 4.90 Å². The zero-order chi connectivity index (χ0) is 24.1. The summed E-state index contributed by atoms with van der Waals surface area (Å²) in [5.74, 6) is -3.22. The highest BCUT2D eigenvalue weighted by Crippen LogP contribution is 2.22. The minimum Gasteiger partial charge on any atom is -0.454 e. The summed E-state index contributed by atoms with van der Waals surface area (Å²) in [6, 6.07) is 21.4. The van der Waals surface area contributed by atoms with Crippen LogP contribution in [0, 0.1) is 0 Å². The Morgan fingerprint density at radius 3 is 2.00 bits per heavy atom. The minimum absolute atomic E-state index is 0.212. The van der Waals surface area contributed by atoms with Crippen molar-refractivity contribution in [3.63, 3.8) is 0 Å². The first-order chi connectivity index (χ1) is 16.4. The van der Waals surface area contributed by atoms with Gasteiger partial charge in [-0.25, -0.2) is 0 Å². The normalized spacial score (nSPS) is 12.2. The molecule has 4 amide bonds. The monoisotopic (exact) mass is 457 g/mol. The standard InChI is InChI=1S/C25H19N3O6/c29-21(15-34-22(30)14-28-24(32)17-10-4-5-11-18(17)25(28)33)27-20-13-7-6-12-19(20)23(31)26-16-8-2-1-3-9-16/h1-13H,14-15H2,(H,26,31)(H,27,29). The van der Waals surface area contributed by atoms with Crippen molar-refractivity contribution in [1.82, 2.24) is 4.90 Å². The summed E-state index contributed by atoms with van der Waals surface area (Å²) in [6.45, 7) is -1.27. The average Bonchev–Trinajstić information content (AvgIpc) is 3.08. The third-order valence-electron chi connectivity index (χ3n) is 5.01. The number of fused-ring (bicyclic) bond motifs is 1. The molecule has 170 valence electrons. The topological polar surface area (TPSA) is 122 Å². The Bertz CT molecular complexity index is 1250. The van der Waals surface area contributed by atoms with Gasteiger partial charge in [-0.1, -0.05) is 42.5 Å². The maximum atomic E-state index is 12.6. The fourth-order valence-corrected chi connectivity index (χ4v) is 3.40. The Hall–Kier alpha value is -4.79. The number of carbonyl (C=O) groups is 5. The van der Waals surface area contributed by atoms with Gasteiger partial charge in [-0.05, 0) is 36.4 Å². The molecule has 0 spiro atoms. The van der Waals surface area contributed by atoms with E-state index < -0.39 is 42.7 Å². The number of para-hydroxylation sites is 2. The first kappa shape index (κ1) is 22.4. The van der Waals surface area contributed by atoms with E-state index in [1.165, 1.54) is 12.1 Å². The molecule has 0 aliphatic carbocycles. The summed E-state index contributed by atoms with van der Waals surface area (Å²) >= 11 is 0. The molecule has 9 heteroatoms. The Morgan fingerprint density at radius 2 is 1.32 bits per heavy atom. The lowest BCUT2D eigenvalue weighted by atomic mass is 10.1. The van der Waals surface area contributed by atoms with Gasteiger partial charge in [0.05, 0.1) is 22.4 Å². The molecule has 1 aliphatic heterocycles. The van der Waals surface area contributed by atoms with Crippen LogP contribution >= 0.6 is 0 Å². The number of carbonyl (C=O) groups excluding carboxylic acids is 5. The van der Waals surface area contributed by atoms with E-state index in [1.54, 1.807) is 60.7 Å². The zero-order valence-corrected chi connectivity index (χ0v) is 17.8. The number of hydrogen-bond acceptors (Lipinski definition) is 6. The summed E-state index contributed by atoms with van der Waals surface area (Å²) < 4.78 is 4.93. The van der Waals surface area contributed by atoms with Crippen LogP contribution in [0.3, 0.4) is 0 Å². The van der Waals surface area contributed by atoms with Gasteiger partial charge in [-0.3, -0.25) is 28.9 Å². The number of anilines is 2. The van der Waals surface area contributed by atoms with E-state index >= 15 is 0 Å². The number of nitrogens with zero attached hydrogens (tertiary/aromatic N) is 1. The van der Waals surface area contributed by atoms with E-state index in [-0.39, 0.29) is 22.4 Å². The number of benzene rings is 3. The lowest BCUT2D eigenvalue weighted by molar-refractivity contribution is -0.147. The fraction of sp³-hybridized carbons (Fsp3) is 0.0800. The van der Waals surface area contributed by atoms with Gasteiger partial charge in [-0.2, -0.15) is 0 Å². The number of hydrogen-bond donors (Lipinski definition) is 2. The molecule has 0 fully saturated rings. The molecule has 4 rings (SSSR count). The third kappa shape index (κ3) is 4.83. The van der Waals surface area contributed by atoms with Gasteiger partial charge >= 0.3 is 5.97 Å². The maximum Gasteiger partial charge on any atom is 0.326 e. The molecule has 3 aromatic carbocycles. The molecule has 9 nitrogen and oxygen atoms in total. The molecule has 0 bridgehead atoms. The first-order valence-corrected chi connectivity index (χ1v) is 10.3. The molecule has 2 N–H and O–H groups in total. The van der Waals surface area contributed by atoms with Crippen LogP contribution in [0.5, 0.6) is 0 Å². The number of nitrogens with one attached hydrogen (secondary N) is 2. The zero-order valence-electron chi connectivity index (χ0n) is 17.8. The molecule has 0 unspecified atom stereocenters. The van der Waals surface area contributed by atoms with Crippen molar-refractivity contribution in [2.75, 3.05) is 23.8 Å². The number of esters is 1. The molecule has 1 aliphatic rings. The summed E-state index contributed by atoms with van der Waals surface area (Å²) in [6.07, 6.45) is 0. The molecule has 0 saturated heterocycles. The molecular weight excluding hydrogens is 438 g/mol. The minimum atomic E-state index is -0.917. The van der Waals surface area contributed by atoms with Gasteiger partial charge in [0.15, 0.2) is 6.61 Å². The van der Waals surface area contributed by atoms with Crippen molar-refractivity contribution >= 4 is 41.0 Å². The molecular formula is C25H19N3O6. The number of imide groups is 1. The first-order valence-electron chi connectivity index (χ1n) is 10.3. The highest BCUT2D eigenvalue weighted by molar-refractivity contribution is 6.22. The van der Waals surface area contributed by atoms with Crippen LogP contribution in [-0.2, 0) is 14.3 Å². The van der Waals surface area contributed by atoms with Gasteiger partial charge in [0.1, 0.15) is 6.54 Å². The van der Waals surface area contributed by atoms with Crippen LogP contribution in [-0.4, -0.2) is 47.6 Å². The largest absolute Gasteiger partial charge is 0.454 e. The molecule has 3 aromatic rings. The Labute approximate surface area is 194 Å². The SMILES string of the molecule is O=C(COC(=O)CN1C(=O)c2ccccc2C1=O)Nc1ccccc1C(=O)Nc1ccccc1. The molecule has 0 radical (unpaired) electrons. The van der Waals surface area contributed by atoms with Crippen LogP contribution in [0.4, 0.5) is 11.4 Å². The highest BCUT2D eigenvalue weighted by atomic mass is 16.5. The van der Waals surface area contributed by atoms with Crippen LogP contribution < -0.4 is 10.6 Å². The predicted octanol–water partition coefficient (Wildman–Crippen LogP) is 2.72. The third-order valence-corrected chi connectivity index (χ3v) is 5.01. The lowest BCUT2D eigenvalue weighted by Crippen LogP contribution is -2.36. The molecule has 0 aromatic heterocycles. The summed E-state index contributed by atoms with van der Waals surface area (Å²) in [5.41, 5.74) is 1.47. The van der Waals surface area contributed by atoms with Crippen LogP contribution in [0.1, 0.15) is 31.1 Å². The Morgan fingerprint density at radius 1 is 0.735 bits per heavy atom. The molecule has 0 atom stereocenters. The van der Waals surface area contributed by atoms with E-state index in [2.05, 4.69) is 10.6 Å². The summed E-state index contributed by atoms with van der Waals surface area (Å²) in [5, 5.41) is 5.27. The van der Waals surface area contributed by atoms with E-state index in [4.69, 9.17) is 4.74 Å². The van der Waals surface area contributed by atoms with Gasteiger partial charge in [-0.15, -0.1) is 0 Å². The van der Waals surface area contributed by atoms with Crippen molar-refractivity contribution in [2.24, 2.45) is 0 Å². The second-order valence-electron chi connectivity index (χ2n) is 7.32. The van der Waals surface area contributed by atoms with E-state index in [9.17, 15) is 24.0 Å². The van der Waals surface area contributed by atoms with Gasteiger partial charge in [0, 0.05) is 5.69 Å². The van der Waals surface area contributed by atoms with E-state index in [1.807, 2.05) is 6.07 Å². The van der Waals surface area contributed by atoms with Crippen molar-refractivity contribution in [1.29, 1.82) is 0 Å². The second kappa shape index (κ2) is 9.78. The van der Waals surface area contributed by atoms with Crippen molar-refractivity contribution in [3.05, 3.63) is 95.6 Å².